The Balaban J connectivity index is 1.70. The van der Waals surface area contributed by atoms with E-state index in [1.165, 1.54) is 145 Å². The summed E-state index contributed by atoms with van der Waals surface area (Å²) in [4.78, 5) is 40.1. The third kappa shape index (κ3) is 15.5. The molecule has 5 heterocycles. The predicted octanol–water partition coefficient (Wildman–Crippen LogP) is 14.6. The van der Waals surface area contributed by atoms with E-state index >= 15 is 0 Å². The van der Waals surface area contributed by atoms with Crippen molar-refractivity contribution >= 4 is 47.4 Å². The van der Waals surface area contributed by atoms with Crippen LogP contribution in [0.4, 0.5) is 0 Å². The highest BCUT2D eigenvalue weighted by molar-refractivity contribution is 5.80. The Kier molecular flexibility index (Phi) is 23.9. The summed E-state index contributed by atoms with van der Waals surface area (Å²) < 4.78 is 0. The molecule has 0 saturated carbocycles. The number of carboxylic acid groups (broad SMARTS) is 2. The van der Waals surface area contributed by atoms with Crippen LogP contribution in [-0.4, -0.2) is 42.1 Å². The summed E-state index contributed by atoms with van der Waals surface area (Å²) in [7, 11) is 0. The zero-order chi connectivity index (χ0) is 52.2. The van der Waals surface area contributed by atoms with Crippen molar-refractivity contribution in [3.63, 3.8) is 0 Å². The van der Waals surface area contributed by atoms with Gasteiger partial charge >= 0.3 is 11.9 Å². The SMILES string of the molecule is C=Cc1c2[nH]c(c1C)C=c1[nH]c(c(CCC(=O)O)c1C)=Cc1[nH]c(c(C)c1CCC(=O)O)C(C(C)CCCCCCCCCCCCC)=c1[nH]c(c(C)c1C=C)=C2C(C)CCCCCCCCCCCCC. The molecule has 8 heteroatoms. The van der Waals surface area contributed by atoms with Gasteiger partial charge < -0.3 is 30.1 Å². The topological polar surface area (TPSA) is 138 Å². The summed E-state index contributed by atoms with van der Waals surface area (Å²) in [6, 6.07) is 0. The van der Waals surface area contributed by atoms with Gasteiger partial charge in [0.2, 0.25) is 0 Å². The van der Waals surface area contributed by atoms with E-state index in [1.54, 1.807) is 0 Å². The lowest BCUT2D eigenvalue weighted by atomic mass is 9.88. The number of aliphatic carboxylic acids is 2. The molecule has 1 aliphatic heterocycles. The van der Waals surface area contributed by atoms with Crippen LogP contribution in [-0.2, 0) is 22.4 Å². The number of aromatic nitrogens is 4. The molecule has 6 N–H and O–H groups in total. The first-order valence-corrected chi connectivity index (χ1v) is 28.8. The lowest BCUT2D eigenvalue weighted by molar-refractivity contribution is -0.138. The molecule has 1 aliphatic rings. The van der Waals surface area contributed by atoms with E-state index in [-0.39, 0.29) is 24.7 Å². The molecule has 5 rings (SSSR count). The zero-order valence-corrected chi connectivity index (χ0v) is 46.4. The van der Waals surface area contributed by atoms with Crippen LogP contribution in [0.15, 0.2) is 13.2 Å². The van der Waals surface area contributed by atoms with Gasteiger partial charge in [-0.3, -0.25) is 9.59 Å². The van der Waals surface area contributed by atoms with E-state index in [0.717, 1.165) is 109 Å². The van der Waals surface area contributed by atoms with Gasteiger partial charge in [0.25, 0.3) is 0 Å². The van der Waals surface area contributed by atoms with Crippen molar-refractivity contribution in [1.29, 1.82) is 0 Å². The maximum Gasteiger partial charge on any atom is 0.303 e. The lowest BCUT2D eigenvalue weighted by Crippen LogP contribution is -2.23. The molecular formula is C64H96N4O4. The summed E-state index contributed by atoms with van der Waals surface area (Å²) in [6.45, 7) is 26.8. The fourth-order valence-electron chi connectivity index (χ4n) is 11.7. The molecule has 0 aromatic carbocycles. The molecule has 2 unspecified atom stereocenters. The maximum absolute atomic E-state index is 12.3. The average Bonchev–Trinajstić information content (AvgIpc) is 4.04. The number of hydrogen-bond donors (Lipinski definition) is 6. The van der Waals surface area contributed by atoms with E-state index in [9.17, 15) is 19.8 Å². The Morgan fingerprint density at radius 1 is 0.486 bits per heavy atom. The molecule has 4 aromatic heterocycles. The van der Waals surface area contributed by atoms with Gasteiger partial charge in [-0.15, -0.1) is 0 Å². The fraction of sp³-hybridized carbons (Fsp3) is 0.594. The van der Waals surface area contributed by atoms with Gasteiger partial charge in [0.05, 0.1) is 11.0 Å². The number of carboxylic acids is 2. The number of H-pyrrole nitrogens is 4. The number of aromatic amines is 4. The van der Waals surface area contributed by atoms with Crippen LogP contribution in [0, 0.1) is 39.5 Å². The second-order valence-electron chi connectivity index (χ2n) is 21.7. The van der Waals surface area contributed by atoms with E-state index in [2.05, 4.69) is 101 Å². The van der Waals surface area contributed by atoms with Crippen LogP contribution in [0.2, 0.25) is 0 Å². The van der Waals surface area contributed by atoms with E-state index in [4.69, 9.17) is 0 Å². The average molecular weight is 985 g/mol. The minimum atomic E-state index is -0.846. The minimum Gasteiger partial charge on any atom is -0.481 e. The first-order chi connectivity index (χ1) is 34.8. The summed E-state index contributed by atoms with van der Waals surface area (Å²) in [5, 5.41) is 23.9. The maximum atomic E-state index is 12.3. The normalized spacial score (nSPS) is 13.3. The van der Waals surface area contributed by atoms with Gasteiger partial charge in [-0.2, -0.15) is 0 Å². The lowest BCUT2D eigenvalue weighted by Gasteiger charge is -2.18. The van der Waals surface area contributed by atoms with Crippen molar-refractivity contribution in [1.82, 2.24) is 19.9 Å². The molecule has 0 amide bonds. The molecule has 8 bridgehead atoms. The number of rotatable bonds is 34. The summed E-state index contributed by atoms with van der Waals surface area (Å²) >= 11 is 0. The van der Waals surface area contributed by atoms with Crippen LogP contribution >= 0.6 is 0 Å². The molecule has 4 aromatic rings. The summed E-state index contributed by atoms with van der Waals surface area (Å²) in [5.74, 6) is -1.32. The molecule has 8 nitrogen and oxygen atoms in total. The molecule has 0 fully saturated rings. The third-order valence-electron chi connectivity index (χ3n) is 16.2. The Labute approximate surface area is 434 Å². The first-order valence-electron chi connectivity index (χ1n) is 28.8. The molecule has 0 saturated heterocycles. The highest BCUT2D eigenvalue weighted by Gasteiger charge is 2.26. The molecule has 0 spiro atoms. The second-order valence-corrected chi connectivity index (χ2v) is 21.7. The van der Waals surface area contributed by atoms with E-state index < -0.39 is 11.9 Å². The molecule has 396 valence electrons. The van der Waals surface area contributed by atoms with Gasteiger partial charge in [-0.25, -0.2) is 0 Å². The monoisotopic (exact) mass is 985 g/mol. The van der Waals surface area contributed by atoms with Crippen LogP contribution in [0.25, 0.3) is 35.5 Å². The molecule has 2 atom stereocenters. The zero-order valence-electron chi connectivity index (χ0n) is 46.4. The molecule has 72 heavy (non-hydrogen) atoms. The van der Waals surface area contributed by atoms with E-state index in [1.807, 2.05) is 12.2 Å². The Bertz CT molecular complexity index is 2660. The quantitative estimate of drug-likeness (QED) is 0.0260. The van der Waals surface area contributed by atoms with Gasteiger partial charge in [-0.05, 0) is 111 Å². The van der Waals surface area contributed by atoms with Crippen molar-refractivity contribution in [2.24, 2.45) is 11.8 Å². The van der Waals surface area contributed by atoms with Crippen molar-refractivity contribution in [3.05, 3.63) is 102 Å². The van der Waals surface area contributed by atoms with Crippen LogP contribution in [0.1, 0.15) is 262 Å². The highest BCUT2D eigenvalue weighted by Crippen LogP contribution is 2.35. The third-order valence-corrected chi connectivity index (χ3v) is 16.2. The second kappa shape index (κ2) is 29.7. The van der Waals surface area contributed by atoms with E-state index in [0.29, 0.717) is 12.8 Å². The van der Waals surface area contributed by atoms with Crippen molar-refractivity contribution < 1.29 is 19.8 Å². The fourth-order valence-corrected chi connectivity index (χ4v) is 11.7. The Morgan fingerprint density at radius 2 is 0.917 bits per heavy atom. The molecular weight excluding hydrogens is 889 g/mol. The van der Waals surface area contributed by atoms with Gasteiger partial charge in [-0.1, -0.05) is 194 Å². The smallest absolute Gasteiger partial charge is 0.303 e. The van der Waals surface area contributed by atoms with Gasteiger partial charge in [0.1, 0.15) is 0 Å². The predicted molar refractivity (Wildman–Crippen MR) is 305 cm³/mol. The van der Waals surface area contributed by atoms with Crippen molar-refractivity contribution in [2.75, 3.05) is 0 Å². The highest BCUT2D eigenvalue weighted by atomic mass is 16.4. The van der Waals surface area contributed by atoms with Crippen LogP contribution in [0.3, 0.4) is 0 Å². The standard InChI is InChI=1S/C64H96N4O4/c1-11-15-17-19-21-23-25-27-29-31-33-35-43(5)59-61-48(10)52(38-40-58(71)72)56(67-61)42-55-51(37-39-57(69)70)46(8)53(65-55)41-54-45(7)49(13-3)63(66-54)60(62-47(9)50(14-4)64(59)68-62)44(6)36-34-32-30-28-26-24-22-20-18-16-12-2/h13-14,41-44,65-68H,3-4,11-12,15-40H2,1-2,5-10H3,(H,69,70)(H,71,72). The summed E-state index contributed by atoms with van der Waals surface area (Å²) in [5.41, 5.74) is 14.8. The number of hydrogen-bond acceptors (Lipinski definition) is 2. The van der Waals surface area contributed by atoms with Gasteiger partial charge in [0.15, 0.2) is 0 Å². The number of fused-ring (bicyclic) bond motifs is 8. The first kappa shape index (κ1) is 57.9. The minimum absolute atomic E-state index is 0.00387. The van der Waals surface area contributed by atoms with Crippen LogP contribution < -0.4 is 21.4 Å². The largest absolute Gasteiger partial charge is 0.481 e. The van der Waals surface area contributed by atoms with Gasteiger partial charge in [0, 0.05) is 68.2 Å². The number of unbranched alkanes of at least 4 members (excludes halogenated alkanes) is 20. The molecule has 0 radical (unpaired) electrons. The Morgan fingerprint density at radius 3 is 1.39 bits per heavy atom. The Hall–Kier alpha value is -4.98. The van der Waals surface area contributed by atoms with Crippen molar-refractivity contribution in [3.8, 4) is 0 Å². The van der Waals surface area contributed by atoms with Crippen molar-refractivity contribution in [2.45, 2.75) is 235 Å². The number of nitrogens with one attached hydrogen (secondary N) is 4. The van der Waals surface area contributed by atoms with Crippen LogP contribution in [0.5, 0.6) is 0 Å². The number of carbonyl (C=O) groups is 2. The molecule has 0 aliphatic carbocycles. The summed E-state index contributed by atoms with van der Waals surface area (Å²) in [6.07, 6.45) is 39.7.